The number of hydrogen-bond donors (Lipinski definition) is 0. The molecule has 5 nitrogen and oxygen atoms in total. The Labute approximate surface area is 232 Å². The molecule has 0 saturated carbocycles. The number of halogens is 4. The second-order valence-electron chi connectivity index (χ2n) is 10.6. The lowest BCUT2D eigenvalue weighted by molar-refractivity contribution is 0.0786. The van der Waals surface area contributed by atoms with Gasteiger partial charge >= 0.3 is 0 Å². The molecule has 9 heteroatoms. The molecule has 38 heavy (non-hydrogen) atoms. The Kier molecular flexibility index (Phi) is 10.6. The third-order valence-electron chi connectivity index (χ3n) is 5.37. The van der Waals surface area contributed by atoms with E-state index < -0.39 is 11.2 Å². The van der Waals surface area contributed by atoms with Gasteiger partial charge in [0.2, 0.25) is 5.56 Å². The smallest absolute Gasteiger partial charge is 0.255 e. The second kappa shape index (κ2) is 13.0. The third-order valence-corrected chi connectivity index (χ3v) is 5.92. The van der Waals surface area contributed by atoms with Crippen LogP contribution < -0.4 is 5.56 Å². The Balaban J connectivity index is 0.000000320. The Morgan fingerprint density at radius 1 is 1.03 bits per heavy atom. The van der Waals surface area contributed by atoms with Gasteiger partial charge in [0.05, 0.1) is 16.7 Å². The molecule has 0 radical (unpaired) electrons. The average molecular weight is 562 g/mol. The maximum atomic E-state index is 14.3. The summed E-state index contributed by atoms with van der Waals surface area (Å²) in [6, 6.07) is 15.3. The largest absolute Gasteiger partial charge is 0.337 e. The molecule has 0 aliphatic carbocycles. The van der Waals surface area contributed by atoms with Crippen LogP contribution in [0.3, 0.4) is 0 Å². The fourth-order valence-corrected chi connectivity index (χ4v) is 3.87. The van der Waals surface area contributed by atoms with Crippen molar-refractivity contribution in [3.05, 3.63) is 104 Å². The molecule has 0 bridgehead atoms. The number of pyridine rings is 1. The lowest BCUT2D eigenvalue weighted by Gasteiger charge is -2.23. The molecular formula is C29H31Cl2F2N3O2. The number of aromatic nitrogens is 1. The summed E-state index contributed by atoms with van der Waals surface area (Å²) in [6.45, 7) is 9.17. The summed E-state index contributed by atoms with van der Waals surface area (Å²) in [5, 5.41) is 10.1. The summed E-state index contributed by atoms with van der Waals surface area (Å²) < 4.78 is 27.8. The van der Waals surface area contributed by atoms with Gasteiger partial charge in [-0.3, -0.25) is 9.59 Å². The summed E-state index contributed by atoms with van der Waals surface area (Å²) in [6.07, 6.45) is 1.79. The highest BCUT2D eigenvalue weighted by atomic mass is 35.5. The number of hydrogen-bond acceptors (Lipinski definition) is 3. The molecule has 1 unspecified atom stereocenters. The van der Waals surface area contributed by atoms with Gasteiger partial charge < -0.3 is 9.47 Å². The summed E-state index contributed by atoms with van der Waals surface area (Å²) >= 11 is 11.1. The summed E-state index contributed by atoms with van der Waals surface area (Å²) in [4.78, 5) is 25.6. The monoisotopic (exact) mass is 561 g/mol. The number of rotatable bonds is 2. The van der Waals surface area contributed by atoms with Gasteiger partial charge in [-0.25, -0.2) is 8.78 Å². The number of carbonyl (C=O) groups is 1. The molecule has 1 aromatic heterocycles. The molecule has 1 aliphatic rings. The first kappa shape index (κ1) is 31.0. The second-order valence-corrected chi connectivity index (χ2v) is 11.4. The molecular weight excluding hydrogens is 531 g/mol. The molecule has 2 heterocycles. The van der Waals surface area contributed by atoms with Crippen LogP contribution in [0.2, 0.25) is 10.0 Å². The number of amides is 1. The summed E-state index contributed by atoms with van der Waals surface area (Å²) in [5.74, 6) is -1.21. The highest BCUT2D eigenvalue weighted by Gasteiger charge is 2.43. The van der Waals surface area contributed by atoms with Crippen molar-refractivity contribution >= 4 is 29.1 Å². The molecule has 3 aromatic rings. The molecule has 202 valence electrons. The third kappa shape index (κ3) is 8.68. The zero-order chi connectivity index (χ0) is 28.7. The lowest BCUT2D eigenvalue weighted by atomic mass is 9.81. The first-order valence-corrected chi connectivity index (χ1v) is 12.7. The summed E-state index contributed by atoms with van der Waals surface area (Å²) in [5.41, 5.74) is -0.222. The van der Waals surface area contributed by atoms with Crippen LogP contribution in [0.1, 0.15) is 50.0 Å². The standard InChI is InChI=1S/C18H15ClFN3O2.C6H4ClF.C5H12/c1-22-9-12(2-5-16(22)24)17(25)23-7-6-18(10-21,11-23)14-4-3-13(19)8-15(14)20;7-5-3-1-2-4-6(5)8;1-5(2,3)4/h2-5,8-9H,6-7,11H2,1H3;1-4H;1-4H3. The van der Waals surface area contributed by atoms with Crippen LogP contribution in [0.5, 0.6) is 0 Å². The molecule has 4 rings (SSSR count). The number of carbonyl (C=O) groups excluding carboxylic acids is 1. The van der Waals surface area contributed by atoms with E-state index in [9.17, 15) is 23.6 Å². The zero-order valence-electron chi connectivity index (χ0n) is 22.1. The molecule has 1 fully saturated rings. The Morgan fingerprint density at radius 3 is 2.16 bits per heavy atom. The predicted molar refractivity (Wildman–Crippen MR) is 147 cm³/mol. The quantitative estimate of drug-likeness (QED) is 0.337. The van der Waals surface area contributed by atoms with Crippen molar-refractivity contribution in [1.82, 2.24) is 9.47 Å². The number of nitriles is 1. The van der Waals surface area contributed by atoms with E-state index in [2.05, 4.69) is 33.8 Å². The van der Waals surface area contributed by atoms with Gasteiger partial charge in [-0.1, -0.05) is 69.1 Å². The molecule has 1 atom stereocenters. The minimum atomic E-state index is -1.11. The molecule has 1 aliphatic heterocycles. The van der Waals surface area contributed by atoms with Gasteiger partial charge in [-0.05, 0) is 42.2 Å². The van der Waals surface area contributed by atoms with Gasteiger partial charge in [0.15, 0.2) is 0 Å². The van der Waals surface area contributed by atoms with Crippen LogP contribution in [0, 0.1) is 28.4 Å². The van der Waals surface area contributed by atoms with E-state index in [4.69, 9.17) is 23.2 Å². The van der Waals surface area contributed by atoms with E-state index in [-0.39, 0.29) is 39.4 Å². The van der Waals surface area contributed by atoms with Crippen molar-refractivity contribution in [2.24, 2.45) is 12.5 Å². The Morgan fingerprint density at radius 2 is 1.66 bits per heavy atom. The highest BCUT2D eigenvalue weighted by Crippen LogP contribution is 2.37. The number of benzene rings is 2. The van der Waals surface area contributed by atoms with E-state index in [1.54, 1.807) is 19.2 Å². The number of nitrogens with zero attached hydrogens (tertiary/aromatic N) is 3. The Hall–Kier alpha value is -3.21. The maximum Gasteiger partial charge on any atom is 0.255 e. The van der Waals surface area contributed by atoms with Crippen molar-refractivity contribution in [1.29, 1.82) is 5.26 Å². The van der Waals surface area contributed by atoms with Gasteiger partial charge in [0.25, 0.3) is 5.91 Å². The van der Waals surface area contributed by atoms with Crippen LogP contribution in [0.4, 0.5) is 8.78 Å². The minimum Gasteiger partial charge on any atom is -0.337 e. The SMILES string of the molecule is CC(C)(C)C.Cn1cc(C(=O)N2CCC(C#N)(c3ccc(Cl)cc3F)C2)ccc1=O.Fc1ccccc1Cl. The number of aryl methyl sites for hydroxylation is 1. The van der Waals surface area contributed by atoms with Crippen molar-refractivity contribution in [2.75, 3.05) is 13.1 Å². The van der Waals surface area contributed by atoms with Crippen molar-refractivity contribution in [3.63, 3.8) is 0 Å². The van der Waals surface area contributed by atoms with E-state index in [0.29, 0.717) is 23.9 Å². The Bertz CT molecular complexity index is 1350. The fraction of sp³-hybridized carbons (Fsp3) is 0.345. The van der Waals surface area contributed by atoms with E-state index in [1.807, 2.05) is 0 Å². The number of likely N-dealkylation sites (tertiary alicyclic amines) is 1. The van der Waals surface area contributed by atoms with Crippen molar-refractivity contribution in [2.45, 2.75) is 39.5 Å². The summed E-state index contributed by atoms with van der Waals surface area (Å²) in [7, 11) is 1.56. The topological polar surface area (TPSA) is 66.1 Å². The minimum absolute atomic E-state index is 0.0870. The molecule has 0 spiro atoms. The molecule has 1 saturated heterocycles. The first-order valence-electron chi connectivity index (χ1n) is 11.9. The zero-order valence-corrected chi connectivity index (χ0v) is 23.6. The average Bonchev–Trinajstić information content (AvgIpc) is 3.27. The van der Waals surface area contributed by atoms with E-state index in [1.165, 1.54) is 58.1 Å². The van der Waals surface area contributed by atoms with E-state index >= 15 is 0 Å². The van der Waals surface area contributed by atoms with Crippen LogP contribution in [-0.4, -0.2) is 28.5 Å². The van der Waals surface area contributed by atoms with Crippen molar-refractivity contribution in [3.8, 4) is 6.07 Å². The maximum absolute atomic E-state index is 14.3. The van der Waals surface area contributed by atoms with Gasteiger partial charge in [0.1, 0.15) is 17.0 Å². The van der Waals surface area contributed by atoms with Gasteiger partial charge in [-0.15, -0.1) is 0 Å². The van der Waals surface area contributed by atoms with Crippen LogP contribution >= 0.6 is 23.2 Å². The fourth-order valence-electron chi connectivity index (χ4n) is 3.57. The molecule has 0 N–H and O–H groups in total. The first-order chi connectivity index (χ1) is 17.7. The highest BCUT2D eigenvalue weighted by molar-refractivity contribution is 6.30. The van der Waals surface area contributed by atoms with Crippen LogP contribution in [0.25, 0.3) is 0 Å². The van der Waals surface area contributed by atoms with Gasteiger partial charge in [0, 0.05) is 43.0 Å². The normalized spacial score (nSPS) is 16.5. The predicted octanol–water partition coefficient (Wildman–Crippen LogP) is 7.02. The molecule has 1 amide bonds. The van der Waals surface area contributed by atoms with E-state index in [0.717, 1.165) is 0 Å². The molecule has 2 aromatic carbocycles. The van der Waals surface area contributed by atoms with Gasteiger partial charge in [-0.2, -0.15) is 5.26 Å². The van der Waals surface area contributed by atoms with Crippen LogP contribution in [0.15, 0.2) is 65.6 Å². The van der Waals surface area contributed by atoms with Crippen LogP contribution in [-0.2, 0) is 12.5 Å². The lowest BCUT2D eigenvalue weighted by Crippen LogP contribution is -2.34. The van der Waals surface area contributed by atoms with Crippen molar-refractivity contribution < 1.29 is 13.6 Å².